The summed E-state index contributed by atoms with van der Waals surface area (Å²) in [5.74, 6) is -1.65. The van der Waals surface area contributed by atoms with E-state index in [0.717, 1.165) is 24.8 Å². The van der Waals surface area contributed by atoms with E-state index in [4.69, 9.17) is 0 Å². The molecule has 2 aromatic carbocycles. The van der Waals surface area contributed by atoms with Gasteiger partial charge in [0.15, 0.2) is 5.78 Å². The molecule has 0 aliphatic carbocycles. The largest absolute Gasteiger partial charge is 0.481 e. The molecule has 0 saturated heterocycles. The zero-order valence-corrected chi connectivity index (χ0v) is 18.6. The molecule has 168 valence electrons. The number of benzene rings is 2. The maximum absolute atomic E-state index is 12.5. The maximum Gasteiger partial charge on any atom is 0.309 e. The lowest BCUT2D eigenvalue weighted by Gasteiger charge is -2.19. The Morgan fingerprint density at radius 2 is 1.35 bits per heavy atom. The van der Waals surface area contributed by atoms with Crippen LogP contribution in [0.3, 0.4) is 0 Å². The van der Waals surface area contributed by atoms with Crippen molar-refractivity contribution in [1.82, 2.24) is 0 Å². The molecular weight excluding hydrogens is 388 g/mol. The van der Waals surface area contributed by atoms with Crippen molar-refractivity contribution in [3.63, 3.8) is 0 Å². The van der Waals surface area contributed by atoms with E-state index < -0.39 is 18.0 Å². The molecular formula is C27H36O4. The molecule has 0 aliphatic heterocycles. The third-order valence-electron chi connectivity index (χ3n) is 5.88. The van der Waals surface area contributed by atoms with Crippen LogP contribution in [0.2, 0.25) is 0 Å². The van der Waals surface area contributed by atoms with Crippen LogP contribution in [-0.2, 0) is 11.2 Å². The van der Waals surface area contributed by atoms with E-state index in [0.29, 0.717) is 30.4 Å². The molecule has 2 N–H and O–H groups in total. The smallest absolute Gasteiger partial charge is 0.309 e. The summed E-state index contributed by atoms with van der Waals surface area (Å²) in [6.07, 6.45) is 8.59. The van der Waals surface area contributed by atoms with Gasteiger partial charge in [0, 0.05) is 11.1 Å². The van der Waals surface area contributed by atoms with Crippen molar-refractivity contribution >= 4 is 11.8 Å². The summed E-state index contributed by atoms with van der Waals surface area (Å²) in [5, 5.41) is 20.0. The van der Waals surface area contributed by atoms with Crippen LogP contribution in [0.15, 0.2) is 54.6 Å². The van der Waals surface area contributed by atoms with Gasteiger partial charge in [0.25, 0.3) is 0 Å². The fourth-order valence-electron chi connectivity index (χ4n) is 3.90. The Bertz CT molecular complexity index is 783. The number of hydrogen-bond acceptors (Lipinski definition) is 3. The molecule has 0 spiro atoms. The number of ketones is 1. The minimum Gasteiger partial charge on any atom is -0.481 e. The molecule has 0 heterocycles. The monoisotopic (exact) mass is 424 g/mol. The van der Waals surface area contributed by atoms with Gasteiger partial charge in [0.2, 0.25) is 0 Å². The van der Waals surface area contributed by atoms with Gasteiger partial charge in [-0.3, -0.25) is 9.59 Å². The summed E-state index contributed by atoms with van der Waals surface area (Å²) in [5.41, 5.74) is 2.27. The van der Waals surface area contributed by atoms with Crippen LogP contribution in [0.5, 0.6) is 0 Å². The number of aliphatic carboxylic acids is 1. The summed E-state index contributed by atoms with van der Waals surface area (Å²) in [7, 11) is 0. The number of carbonyl (C=O) groups excluding carboxylic acids is 1. The quantitative estimate of drug-likeness (QED) is 0.269. The molecule has 4 nitrogen and oxygen atoms in total. The van der Waals surface area contributed by atoms with Gasteiger partial charge in [-0.1, -0.05) is 106 Å². The van der Waals surface area contributed by atoms with Crippen LogP contribution >= 0.6 is 0 Å². The first-order chi connectivity index (χ1) is 15.0. The lowest BCUT2D eigenvalue weighted by Crippen LogP contribution is -2.28. The van der Waals surface area contributed by atoms with Crippen LogP contribution in [0.1, 0.15) is 86.2 Å². The van der Waals surface area contributed by atoms with E-state index in [2.05, 4.69) is 6.92 Å². The standard InChI is InChI=1S/C27H36O4/c1-2-3-4-5-6-7-11-14-24(27(30)31)25(28)20-17-21-15-18-23(19-16-21)26(29)22-12-9-8-10-13-22/h8-10,12-13,15-16,18-19,24-25,28H,2-7,11,14,17,20H2,1H3,(H,30,31). The van der Waals surface area contributed by atoms with Gasteiger partial charge in [-0.15, -0.1) is 0 Å². The third kappa shape index (κ3) is 8.66. The Hall–Kier alpha value is -2.46. The SMILES string of the molecule is CCCCCCCCCC(C(=O)O)C(O)CCc1ccc(C(=O)c2ccccc2)cc1. The number of aryl methyl sites for hydroxylation is 1. The fourth-order valence-corrected chi connectivity index (χ4v) is 3.90. The Morgan fingerprint density at radius 3 is 1.97 bits per heavy atom. The van der Waals surface area contributed by atoms with Gasteiger partial charge in [-0.25, -0.2) is 0 Å². The highest BCUT2D eigenvalue weighted by molar-refractivity contribution is 6.08. The summed E-state index contributed by atoms with van der Waals surface area (Å²) >= 11 is 0. The maximum atomic E-state index is 12.5. The van der Waals surface area contributed by atoms with E-state index in [1.807, 2.05) is 30.3 Å². The van der Waals surface area contributed by atoms with Crippen molar-refractivity contribution in [2.75, 3.05) is 0 Å². The van der Waals surface area contributed by atoms with E-state index in [1.165, 1.54) is 25.7 Å². The van der Waals surface area contributed by atoms with E-state index in [-0.39, 0.29) is 5.78 Å². The van der Waals surface area contributed by atoms with Crippen LogP contribution in [0.4, 0.5) is 0 Å². The number of hydrogen-bond donors (Lipinski definition) is 2. The molecule has 0 saturated carbocycles. The van der Waals surface area contributed by atoms with Gasteiger partial charge in [-0.2, -0.15) is 0 Å². The second-order valence-corrected chi connectivity index (χ2v) is 8.35. The number of unbranched alkanes of at least 4 members (excludes halogenated alkanes) is 6. The highest BCUT2D eigenvalue weighted by Crippen LogP contribution is 2.20. The lowest BCUT2D eigenvalue weighted by molar-refractivity contribution is -0.146. The Morgan fingerprint density at radius 1 is 0.774 bits per heavy atom. The molecule has 2 rings (SSSR count). The number of aliphatic hydroxyl groups is 1. The van der Waals surface area contributed by atoms with Crippen molar-refractivity contribution in [3.8, 4) is 0 Å². The second-order valence-electron chi connectivity index (χ2n) is 8.35. The highest BCUT2D eigenvalue weighted by atomic mass is 16.4. The molecule has 31 heavy (non-hydrogen) atoms. The number of rotatable bonds is 15. The molecule has 4 heteroatoms. The highest BCUT2D eigenvalue weighted by Gasteiger charge is 2.25. The average molecular weight is 425 g/mol. The first-order valence-corrected chi connectivity index (χ1v) is 11.6. The first-order valence-electron chi connectivity index (χ1n) is 11.6. The van der Waals surface area contributed by atoms with Gasteiger partial charge in [-0.05, 0) is 24.8 Å². The Labute approximate surface area is 186 Å². The summed E-state index contributed by atoms with van der Waals surface area (Å²) < 4.78 is 0. The van der Waals surface area contributed by atoms with Gasteiger partial charge < -0.3 is 10.2 Å². The van der Waals surface area contributed by atoms with Gasteiger partial charge in [0.1, 0.15) is 0 Å². The van der Waals surface area contributed by atoms with Gasteiger partial charge in [0.05, 0.1) is 12.0 Å². The molecule has 0 aliphatic rings. The normalized spacial score (nSPS) is 13.0. The molecule has 0 fully saturated rings. The average Bonchev–Trinajstić information content (AvgIpc) is 2.79. The van der Waals surface area contributed by atoms with Crippen molar-refractivity contribution < 1.29 is 19.8 Å². The van der Waals surface area contributed by atoms with Crippen molar-refractivity contribution in [2.24, 2.45) is 5.92 Å². The summed E-state index contributed by atoms with van der Waals surface area (Å²) in [6, 6.07) is 16.5. The zero-order valence-electron chi connectivity index (χ0n) is 18.6. The molecule has 2 aromatic rings. The van der Waals surface area contributed by atoms with Gasteiger partial charge >= 0.3 is 5.97 Å². The third-order valence-corrected chi connectivity index (χ3v) is 5.88. The molecule has 2 unspecified atom stereocenters. The van der Waals surface area contributed by atoms with E-state index in [1.54, 1.807) is 24.3 Å². The Balaban J connectivity index is 1.79. The van der Waals surface area contributed by atoms with Crippen molar-refractivity contribution in [3.05, 3.63) is 71.3 Å². The zero-order chi connectivity index (χ0) is 22.5. The molecule has 0 bridgehead atoms. The van der Waals surface area contributed by atoms with E-state index in [9.17, 15) is 19.8 Å². The predicted octanol–water partition coefficient (Wildman–Crippen LogP) is 6.05. The Kier molecular flexibility index (Phi) is 11.0. The number of carbonyl (C=O) groups is 2. The number of carboxylic acid groups (broad SMARTS) is 1. The lowest BCUT2D eigenvalue weighted by atomic mass is 9.91. The van der Waals surface area contributed by atoms with Crippen molar-refractivity contribution in [1.29, 1.82) is 0 Å². The first kappa shape index (κ1) is 24.8. The topological polar surface area (TPSA) is 74.6 Å². The fraction of sp³-hybridized carbons (Fsp3) is 0.481. The van der Waals surface area contributed by atoms with E-state index >= 15 is 0 Å². The number of aliphatic hydroxyl groups excluding tert-OH is 1. The minimum atomic E-state index is -0.915. The number of carboxylic acids is 1. The molecule has 0 aromatic heterocycles. The van der Waals surface area contributed by atoms with Crippen molar-refractivity contribution in [2.45, 2.75) is 77.2 Å². The summed E-state index contributed by atoms with van der Waals surface area (Å²) in [6.45, 7) is 2.19. The minimum absolute atomic E-state index is 0.0205. The van der Waals surface area contributed by atoms with Crippen LogP contribution in [0, 0.1) is 5.92 Å². The van der Waals surface area contributed by atoms with Crippen LogP contribution in [0.25, 0.3) is 0 Å². The molecule has 0 amide bonds. The molecule has 0 radical (unpaired) electrons. The summed E-state index contributed by atoms with van der Waals surface area (Å²) in [4.78, 5) is 24.1. The second kappa shape index (κ2) is 13.8. The van der Waals surface area contributed by atoms with Crippen LogP contribution in [-0.4, -0.2) is 28.1 Å². The predicted molar refractivity (Wildman–Crippen MR) is 124 cm³/mol. The molecule has 2 atom stereocenters. The van der Waals surface area contributed by atoms with Crippen LogP contribution < -0.4 is 0 Å².